The van der Waals surface area contributed by atoms with Crippen LogP contribution in [0.4, 0.5) is 0 Å². The minimum Gasteiger partial charge on any atom is -0.355 e. The van der Waals surface area contributed by atoms with Gasteiger partial charge in [-0.1, -0.05) is 67.4 Å². The molecule has 2 rings (SSSR count). The van der Waals surface area contributed by atoms with Gasteiger partial charge in [0.1, 0.15) is 4.90 Å². The standard InChI is InChI=1S/C20H24Cl2N2O3S/c1-15(2)10-11-23-20(25)14-24(13-16-6-4-3-5-7-16)28(26,27)19-12-17(21)8-9-18(19)22/h3-9,12,15H,10-11,13-14H2,1-2H3,(H,23,25). The summed E-state index contributed by atoms with van der Waals surface area (Å²) in [6.07, 6.45) is 0.817. The fraction of sp³-hybridized carbons (Fsp3) is 0.350. The van der Waals surface area contributed by atoms with Crippen molar-refractivity contribution in [2.75, 3.05) is 13.1 Å². The van der Waals surface area contributed by atoms with Crippen molar-refractivity contribution >= 4 is 39.1 Å². The van der Waals surface area contributed by atoms with Crippen LogP contribution in [0.25, 0.3) is 0 Å². The van der Waals surface area contributed by atoms with Gasteiger partial charge >= 0.3 is 0 Å². The quantitative estimate of drug-likeness (QED) is 0.627. The summed E-state index contributed by atoms with van der Waals surface area (Å²) in [5.74, 6) is 0.0769. The third kappa shape index (κ3) is 6.48. The maximum Gasteiger partial charge on any atom is 0.245 e. The Morgan fingerprint density at radius 2 is 1.79 bits per heavy atom. The van der Waals surface area contributed by atoms with Gasteiger partial charge in [-0.25, -0.2) is 8.42 Å². The van der Waals surface area contributed by atoms with Gasteiger partial charge in [0.25, 0.3) is 0 Å². The minimum absolute atomic E-state index is 0.0453. The fourth-order valence-electron chi connectivity index (χ4n) is 2.54. The molecule has 0 fully saturated rings. The van der Waals surface area contributed by atoms with Crippen LogP contribution in [0.3, 0.4) is 0 Å². The van der Waals surface area contributed by atoms with Gasteiger partial charge in [0.05, 0.1) is 11.6 Å². The average Bonchev–Trinajstić information content (AvgIpc) is 2.63. The van der Waals surface area contributed by atoms with Crippen molar-refractivity contribution in [3.05, 3.63) is 64.1 Å². The Labute approximate surface area is 176 Å². The molecule has 1 N–H and O–H groups in total. The molecular formula is C20H24Cl2N2O3S. The lowest BCUT2D eigenvalue weighted by Gasteiger charge is -2.23. The molecule has 1 amide bonds. The van der Waals surface area contributed by atoms with Gasteiger partial charge in [0, 0.05) is 18.1 Å². The highest BCUT2D eigenvalue weighted by Crippen LogP contribution is 2.28. The number of hydrogen-bond donors (Lipinski definition) is 1. The molecule has 0 saturated heterocycles. The first-order valence-electron chi connectivity index (χ1n) is 8.96. The van der Waals surface area contributed by atoms with E-state index in [2.05, 4.69) is 19.2 Å². The molecule has 0 aliphatic rings. The number of amides is 1. The average molecular weight is 443 g/mol. The number of sulfonamides is 1. The van der Waals surface area contributed by atoms with Crippen LogP contribution in [0.15, 0.2) is 53.4 Å². The lowest BCUT2D eigenvalue weighted by molar-refractivity contribution is -0.121. The highest BCUT2D eigenvalue weighted by atomic mass is 35.5. The first-order chi connectivity index (χ1) is 13.2. The number of hydrogen-bond acceptors (Lipinski definition) is 3. The number of rotatable bonds is 9. The largest absolute Gasteiger partial charge is 0.355 e. The maximum atomic E-state index is 13.2. The highest BCUT2D eigenvalue weighted by Gasteiger charge is 2.29. The topological polar surface area (TPSA) is 66.5 Å². The summed E-state index contributed by atoms with van der Waals surface area (Å²) in [5, 5.41) is 3.09. The van der Waals surface area contributed by atoms with Crippen LogP contribution in [0.2, 0.25) is 10.0 Å². The first kappa shape index (κ1) is 22.7. The van der Waals surface area contributed by atoms with E-state index in [4.69, 9.17) is 23.2 Å². The normalized spacial score (nSPS) is 11.8. The van der Waals surface area contributed by atoms with Gasteiger partial charge in [0.15, 0.2) is 0 Å². The molecule has 5 nitrogen and oxygen atoms in total. The van der Waals surface area contributed by atoms with Crippen molar-refractivity contribution in [2.24, 2.45) is 5.92 Å². The molecule has 0 bridgehead atoms. The Balaban J connectivity index is 2.29. The zero-order valence-corrected chi connectivity index (χ0v) is 18.2. The molecule has 0 radical (unpaired) electrons. The van der Waals surface area contributed by atoms with Crippen LogP contribution < -0.4 is 5.32 Å². The Kier molecular flexibility index (Phi) is 8.31. The van der Waals surface area contributed by atoms with Crippen LogP contribution in [-0.2, 0) is 21.4 Å². The minimum atomic E-state index is -4.03. The third-order valence-electron chi connectivity index (χ3n) is 4.08. The van der Waals surface area contributed by atoms with Crippen molar-refractivity contribution in [1.29, 1.82) is 0 Å². The molecule has 0 saturated carbocycles. The Morgan fingerprint density at radius 3 is 2.43 bits per heavy atom. The summed E-state index contributed by atoms with van der Waals surface area (Å²) in [7, 11) is -4.03. The smallest absolute Gasteiger partial charge is 0.245 e. The van der Waals surface area contributed by atoms with E-state index in [-0.39, 0.29) is 33.9 Å². The molecule has 2 aromatic rings. The fourth-order valence-corrected chi connectivity index (χ4v) is 4.66. The second-order valence-corrected chi connectivity index (χ2v) is 9.62. The van der Waals surface area contributed by atoms with E-state index in [9.17, 15) is 13.2 Å². The number of nitrogens with one attached hydrogen (secondary N) is 1. The monoisotopic (exact) mass is 442 g/mol. The second kappa shape index (κ2) is 10.3. The van der Waals surface area contributed by atoms with Crippen molar-refractivity contribution in [1.82, 2.24) is 9.62 Å². The lowest BCUT2D eigenvalue weighted by Crippen LogP contribution is -2.40. The molecule has 8 heteroatoms. The van der Waals surface area contributed by atoms with Gasteiger partial charge in [-0.05, 0) is 36.1 Å². The van der Waals surface area contributed by atoms with Gasteiger partial charge < -0.3 is 5.32 Å². The zero-order chi connectivity index (χ0) is 20.7. The summed E-state index contributed by atoms with van der Waals surface area (Å²) >= 11 is 12.1. The SMILES string of the molecule is CC(C)CCNC(=O)CN(Cc1ccccc1)S(=O)(=O)c1cc(Cl)ccc1Cl. The Bertz CT molecular complexity index is 903. The Morgan fingerprint density at radius 1 is 1.11 bits per heavy atom. The number of carbonyl (C=O) groups excluding carboxylic acids is 1. The van der Waals surface area contributed by atoms with Gasteiger partial charge in [-0.3, -0.25) is 4.79 Å². The molecule has 152 valence electrons. The third-order valence-corrected chi connectivity index (χ3v) is 6.58. The van der Waals surface area contributed by atoms with Crippen LogP contribution in [0.5, 0.6) is 0 Å². The molecular weight excluding hydrogens is 419 g/mol. The molecule has 0 aliphatic heterocycles. The molecule has 28 heavy (non-hydrogen) atoms. The zero-order valence-electron chi connectivity index (χ0n) is 15.9. The summed E-state index contributed by atoms with van der Waals surface area (Å²) in [5.41, 5.74) is 0.763. The maximum absolute atomic E-state index is 13.2. The second-order valence-electron chi connectivity index (χ2n) is 6.87. The van der Waals surface area contributed by atoms with Crippen LogP contribution in [-0.4, -0.2) is 31.7 Å². The summed E-state index contributed by atoms with van der Waals surface area (Å²) in [6, 6.07) is 13.3. The summed E-state index contributed by atoms with van der Waals surface area (Å²) in [4.78, 5) is 12.3. The van der Waals surface area contributed by atoms with E-state index in [0.29, 0.717) is 12.5 Å². The van der Waals surface area contributed by atoms with Crippen LogP contribution >= 0.6 is 23.2 Å². The molecule has 0 aliphatic carbocycles. The lowest BCUT2D eigenvalue weighted by atomic mass is 10.1. The van der Waals surface area contributed by atoms with Crippen molar-refractivity contribution in [3.63, 3.8) is 0 Å². The van der Waals surface area contributed by atoms with Gasteiger partial charge in [-0.15, -0.1) is 0 Å². The summed E-state index contributed by atoms with van der Waals surface area (Å²) < 4.78 is 27.6. The molecule has 0 aromatic heterocycles. The summed E-state index contributed by atoms with van der Waals surface area (Å²) in [6.45, 7) is 4.34. The molecule has 0 heterocycles. The van der Waals surface area contributed by atoms with Gasteiger partial charge in [0.2, 0.25) is 15.9 Å². The van der Waals surface area contributed by atoms with E-state index in [1.54, 1.807) is 12.1 Å². The van der Waals surface area contributed by atoms with E-state index in [1.807, 2.05) is 18.2 Å². The number of benzene rings is 2. The Hall–Kier alpha value is -1.60. The number of halogens is 2. The molecule has 0 spiro atoms. The molecule has 0 atom stereocenters. The van der Waals surface area contributed by atoms with E-state index < -0.39 is 10.0 Å². The van der Waals surface area contributed by atoms with Gasteiger partial charge in [-0.2, -0.15) is 4.31 Å². The van der Waals surface area contributed by atoms with Crippen molar-refractivity contribution in [2.45, 2.75) is 31.7 Å². The van der Waals surface area contributed by atoms with Crippen LogP contribution in [0.1, 0.15) is 25.8 Å². The number of nitrogens with zero attached hydrogens (tertiary/aromatic N) is 1. The predicted molar refractivity (Wildman–Crippen MR) is 113 cm³/mol. The van der Waals surface area contributed by atoms with Crippen LogP contribution in [0, 0.1) is 5.92 Å². The van der Waals surface area contributed by atoms with Crippen molar-refractivity contribution in [3.8, 4) is 0 Å². The van der Waals surface area contributed by atoms with Crippen molar-refractivity contribution < 1.29 is 13.2 Å². The van der Waals surface area contributed by atoms with E-state index in [0.717, 1.165) is 16.3 Å². The van der Waals surface area contributed by atoms with E-state index in [1.165, 1.54) is 18.2 Å². The first-order valence-corrected chi connectivity index (χ1v) is 11.2. The highest BCUT2D eigenvalue weighted by molar-refractivity contribution is 7.89. The van der Waals surface area contributed by atoms with E-state index >= 15 is 0 Å². The molecule has 2 aromatic carbocycles. The molecule has 0 unspecified atom stereocenters. The predicted octanol–water partition coefficient (Wildman–Crippen LogP) is 4.35. The number of carbonyl (C=O) groups is 1.